The van der Waals surface area contributed by atoms with Gasteiger partial charge in [0.25, 0.3) is 11.8 Å². The standard InChI is InChI=1S/C21H23N3O4/c1-3-12-22-19(25)14-27-17-11-10-16(13-18(17)26-4-2)20-23-21(28-24-20)15-8-6-5-7-9-15/h5-11,13H,3-4,12,14H2,1-2H3,(H,22,25). The van der Waals surface area contributed by atoms with Crippen molar-refractivity contribution >= 4 is 5.91 Å². The maximum absolute atomic E-state index is 11.8. The molecule has 0 atom stereocenters. The van der Waals surface area contributed by atoms with Crippen molar-refractivity contribution in [2.24, 2.45) is 0 Å². The molecule has 0 aliphatic heterocycles. The molecule has 0 aliphatic rings. The first-order valence-corrected chi connectivity index (χ1v) is 9.27. The van der Waals surface area contributed by atoms with E-state index in [2.05, 4.69) is 15.5 Å². The lowest BCUT2D eigenvalue weighted by Gasteiger charge is -2.12. The number of hydrogen-bond donors (Lipinski definition) is 1. The van der Waals surface area contributed by atoms with Crippen LogP contribution in [0.15, 0.2) is 53.1 Å². The zero-order valence-electron chi connectivity index (χ0n) is 16.0. The normalized spacial score (nSPS) is 10.5. The third-order valence-corrected chi connectivity index (χ3v) is 3.88. The zero-order valence-corrected chi connectivity index (χ0v) is 16.0. The van der Waals surface area contributed by atoms with Crippen LogP contribution in [0.25, 0.3) is 22.8 Å². The van der Waals surface area contributed by atoms with Gasteiger partial charge in [0, 0.05) is 17.7 Å². The van der Waals surface area contributed by atoms with Crippen molar-refractivity contribution in [1.82, 2.24) is 15.5 Å². The van der Waals surface area contributed by atoms with Gasteiger partial charge in [-0.25, -0.2) is 0 Å². The Morgan fingerprint density at radius 3 is 2.61 bits per heavy atom. The first-order chi connectivity index (χ1) is 13.7. The molecule has 0 saturated heterocycles. The van der Waals surface area contributed by atoms with Crippen LogP contribution in [0.2, 0.25) is 0 Å². The first-order valence-electron chi connectivity index (χ1n) is 9.27. The second kappa shape index (κ2) is 9.55. The Balaban J connectivity index is 1.77. The van der Waals surface area contributed by atoms with Gasteiger partial charge < -0.3 is 19.3 Å². The van der Waals surface area contributed by atoms with Gasteiger partial charge in [0.2, 0.25) is 5.82 Å². The molecule has 0 unspecified atom stereocenters. The lowest BCUT2D eigenvalue weighted by Crippen LogP contribution is -2.29. The molecule has 0 fully saturated rings. The van der Waals surface area contributed by atoms with Crippen LogP contribution in [-0.2, 0) is 4.79 Å². The molecule has 1 amide bonds. The molecule has 0 spiro atoms. The summed E-state index contributed by atoms with van der Waals surface area (Å²) >= 11 is 0. The summed E-state index contributed by atoms with van der Waals surface area (Å²) in [6, 6.07) is 14.9. The molecular formula is C21H23N3O4. The summed E-state index contributed by atoms with van der Waals surface area (Å²) in [7, 11) is 0. The van der Waals surface area contributed by atoms with E-state index in [4.69, 9.17) is 14.0 Å². The largest absolute Gasteiger partial charge is 0.490 e. The van der Waals surface area contributed by atoms with Crippen LogP contribution in [0.1, 0.15) is 20.3 Å². The third kappa shape index (κ3) is 4.88. The quantitative estimate of drug-likeness (QED) is 0.608. The molecule has 7 heteroatoms. The van der Waals surface area contributed by atoms with Crippen molar-refractivity contribution in [1.29, 1.82) is 0 Å². The number of rotatable bonds is 9. The van der Waals surface area contributed by atoms with Gasteiger partial charge in [-0.3, -0.25) is 4.79 Å². The maximum atomic E-state index is 11.8. The van der Waals surface area contributed by atoms with E-state index in [0.29, 0.717) is 36.4 Å². The number of carbonyl (C=O) groups excluding carboxylic acids is 1. The molecule has 3 aromatic rings. The second-order valence-corrected chi connectivity index (χ2v) is 6.02. The third-order valence-electron chi connectivity index (χ3n) is 3.88. The Kier molecular flexibility index (Phi) is 6.62. The van der Waals surface area contributed by atoms with Crippen LogP contribution >= 0.6 is 0 Å². The average molecular weight is 381 g/mol. The minimum atomic E-state index is -0.168. The van der Waals surface area contributed by atoms with Crippen LogP contribution < -0.4 is 14.8 Å². The molecule has 3 rings (SSSR count). The van der Waals surface area contributed by atoms with Crippen molar-refractivity contribution in [3.63, 3.8) is 0 Å². The monoisotopic (exact) mass is 381 g/mol. The molecule has 0 bridgehead atoms. The van der Waals surface area contributed by atoms with Crippen LogP contribution in [0.5, 0.6) is 11.5 Å². The smallest absolute Gasteiger partial charge is 0.258 e. The molecule has 0 aliphatic carbocycles. The Morgan fingerprint density at radius 1 is 1.04 bits per heavy atom. The van der Waals surface area contributed by atoms with Gasteiger partial charge in [0.05, 0.1) is 6.61 Å². The molecule has 28 heavy (non-hydrogen) atoms. The summed E-state index contributed by atoms with van der Waals surface area (Å²) in [6.07, 6.45) is 0.875. The van der Waals surface area contributed by atoms with Crippen molar-refractivity contribution in [2.45, 2.75) is 20.3 Å². The van der Waals surface area contributed by atoms with Gasteiger partial charge in [-0.2, -0.15) is 4.98 Å². The topological polar surface area (TPSA) is 86.5 Å². The Morgan fingerprint density at radius 2 is 1.86 bits per heavy atom. The summed E-state index contributed by atoms with van der Waals surface area (Å²) in [5.41, 5.74) is 1.58. The molecule has 0 radical (unpaired) electrons. The van der Waals surface area contributed by atoms with Crippen molar-refractivity contribution < 1.29 is 18.8 Å². The SMILES string of the molecule is CCCNC(=O)COc1ccc(-c2noc(-c3ccccc3)n2)cc1OCC. The summed E-state index contributed by atoms with van der Waals surface area (Å²) < 4.78 is 16.6. The van der Waals surface area contributed by atoms with Gasteiger partial charge in [0.15, 0.2) is 18.1 Å². The van der Waals surface area contributed by atoms with Crippen LogP contribution in [-0.4, -0.2) is 35.8 Å². The fourth-order valence-corrected chi connectivity index (χ4v) is 2.53. The fraction of sp³-hybridized carbons (Fsp3) is 0.286. The number of ether oxygens (including phenoxy) is 2. The van der Waals surface area contributed by atoms with E-state index in [1.807, 2.05) is 44.2 Å². The number of benzene rings is 2. The lowest BCUT2D eigenvalue weighted by molar-refractivity contribution is -0.123. The first kappa shape index (κ1) is 19.4. The molecule has 1 aromatic heterocycles. The zero-order chi connectivity index (χ0) is 19.8. The maximum Gasteiger partial charge on any atom is 0.258 e. The van der Waals surface area contributed by atoms with E-state index in [9.17, 15) is 4.79 Å². The highest BCUT2D eigenvalue weighted by Gasteiger charge is 2.14. The summed E-state index contributed by atoms with van der Waals surface area (Å²) in [5, 5.41) is 6.83. The highest BCUT2D eigenvalue weighted by Crippen LogP contribution is 2.32. The molecule has 0 saturated carbocycles. The van der Waals surface area contributed by atoms with E-state index >= 15 is 0 Å². The van der Waals surface area contributed by atoms with E-state index in [-0.39, 0.29) is 12.5 Å². The summed E-state index contributed by atoms with van der Waals surface area (Å²) in [5.74, 6) is 1.74. The van der Waals surface area contributed by atoms with Crippen molar-refractivity contribution in [3.05, 3.63) is 48.5 Å². The number of aromatic nitrogens is 2. The van der Waals surface area contributed by atoms with Gasteiger partial charge in [-0.15, -0.1) is 0 Å². The van der Waals surface area contributed by atoms with Crippen LogP contribution in [0.3, 0.4) is 0 Å². The van der Waals surface area contributed by atoms with Gasteiger partial charge >= 0.3 is 0 Å². The van der Waals surface area contributed by atoms with Crippen LogP contribution in [0.4, 0.5) is 0 Å². The van der Waals surface area contributed by atoms with Crippen molar-refractivity contribution in [3.8, 4) is 34.3 Å². The number of carbonyl (C=O) groups is 1. The Labute approximate surface area is 163 Å². The Bertz CT molecular complexity index is 909. The van der Waals surface area contributed by atoms with E-state index in [1.54, 1.807) is 18.2 Å². The predicted octanol–water partition coefficient (Wildman–Crippen LogP) is 3.71. The number of nitrogens with one attached hydrogen (secondary N) is 1. The minimum Gasteiger partial charge on any atom is -0.490 e. The molecule has 2 aromatic carbocycles. The van der Waals surface area contributed by atoms with E-state index < -0.39 is 0 Å². The predicted molar refractivity (Wildman–Crippen MR) is 105 cm³/mol. The summed E-state index contributed by atoms with van der Waals surface area (Å²) in [6.45, 7) is 4.89. The number of amides is 1. The second-order valence-electron chi connectivity index (χ2n) is 6.02. The fourth-order valence-electron chi connectivity index (χ4n) is 2.53. The summed E-state index contributed by atoms with van der Waals surface area (Å²) in [4.78, 5) is 16.2. The number of hydrogen-bond acceptors (Lipinski definition) is 6. The minimum absolute atomic E-state index is 0.0697. The molecule has 146 valence electrons. The Hall–Kier alpha value is -3.35. The van der Waals surface area contributed by atoms with Gasteiger partial charge in [0.1, 0.15) is 0 Å². The molecule has 7 nitrogen and oxygen atoms in total. The molecule has 1 heterocycles. The molecule has 1 N–H and O–H groups in total. The molecular weight excluding hydrogens is 358 g/mol. The lowest BCUT2D eigenvalue weighted by atomic mass is 10.2. The highest BCUT2D eigenvalue weighted by molar-refractivity contribution is 5.77. The number of nitrogens with zero attached hydrogens (tertiary/aromatic N) is 2. The van der Waals surface area contributed by atoms with Gasteiger partial charge in [-0.1, -0.05) is 30.3 Å². The van der Waals surface area contributed by atoms with Crippen molar-refractivity contribution in [2.75, 3.05) is 19.8 Å². The van der Waals surface area contributed by atoms with Gasteiger partial charge in [-0.05, 0) is 43.7 Å². The van der Waals surface area contributed by atoms with E-state index in [1.165, 1.54) is 0 Å². The van der Waals surface area contributed by atoms with Crippen LogP contribution in [0, 0.1) is 0 Å². The van der Waals surface area contributed by atoms with E-state index in [0.717, 1.165) is 17.5 Å². The average Bonchev–Trinajstić information content (AvgIpc) is 3.22. The highest BCUT2D eigenvalue weighted by atomic mass is 16.5.